The first-order valence-corrected chi connectivity index (χ1v) is 11.0. The van der Waals surface area contributed by atoms with E-state index in [2.05, 4.69) is 32.7 Å². The lowest BCUT2D eigenvalue weighted by atomic mass is 9.83. The van der Waals surface area contributed by atoms with Gasteiger partial charge in [-0.25, -0.2) is 9.98 Å². The maximum Gasteiger partial charge on any atom is 0.146 e. The van der Waals surface area contributed by atoms with Crippen LogP contribution < -0.4 is 10.5 Å². The lowest BCUT2D eigenvalue weighted by molar-refractivity contribution is 0.00918. The van der Waals surface area contributed by atoms with Crippen molar-refractivity contribution in [3.8, 4) is 5.75 Å². The molecule has 1 saturated heterocycles. The van der Waals surface area contributed by atoms with Crippen molar-refractivity contribution >= 4 is 35.1 Å². The first-order valence-electron chi connectivity index (χ1n) is 9.80. The number of fused-ring (bicyclic) bond motifs is 1. The number of benzene rings is 1. The van der Waals surface area contributed by atoms with Crippen LogP contribution in [0.4, 0.5) is 0 Å². The summed E-state index contributed by atoms with van der Waals surface area (Å²) in [6.45, 7) is 7.22. The van der Waals surface area contributed by atoms with Gasteiger partial charge in [-0.1, -0.05) is 41.6 Å². The van der Waals surface area contributed by atoms with E-state index in [1.165, 1.54) is 11.8 Å². The Balaban J connectivity index is 1.42. The third-order valence-electron chi connectivity index (χ3n) is 5.57. The molecule has 0 amide bonds. The van der Waals surface area contributed by atoms with Crippen molar-refractivity contribution in [3.05, 3.63) is 65.3 Å². The molecule has 0 saturated carbocycles. The molecule has 0 bridgehead atoms. The van der Waals surface area contributed by atoms with Gasteiger partial charge in [0.25, 0.3) is 0 Å². The topological polar surface area (TPSA) is 76.1 Å². The zero-order valence-corrected chi connectivity index (χ0v) is 18.4. The highest BCUT2D eigenvalue weighted by Gasteiger charge is 2.48. The molecule has 2 aliphatic rings. The summed E-state index contributed by atoms with van der Waals surface area (Å²) in [7, 11) is 0. The summed E-state index contributed by atoms with van der Waals surface area (Å²) in [5, 5.41) is 1.31. The molecule has 1 atom stereocenters. The van der Waals surface area contributed by atoms with Crippen LogP contribution in [0.3, 0.4) is 0 Å². The van der Waals surface area contributed by atoms with Gasteiger partial charge in [-0.3, -0.25) is 4.99 Å². The monoisotopic (exact) mass is 441 g/mol. The van der Waals surface area contributed by atoms with Gasteiger partial charge >= 0.3 is 0 Å². The number of aromatic nitrogens is 1. The van der Waals surface area contributed by atoms with Crippen LogP contribution in [-0.2, 0) is 0 Å². The number of aliphatic imine (C=N–C) groups is 2. The highest BCUT2D eigenvalue weighted by molar-refractivity contribution is 8.14. The third-order valence-corrected chi connectivity index (χ3v) is 6.94. The molecule has 2 aromatic rings. The van der Waals surface area contributed by atoms with Crippen molar-refractivity contribution in [1.29, 1.82) is 0 Å². The zero-order chi connectivity index (χ0) is 21.1. The van der Waals surface area contributed by atoms with Crippen LogP contribution in [0, 0.1) is 0 Å². The van der Waals surface area contributed by atoms with E-state index < -0.39 is 0 Å². The lowest BCUT2D eigenvalue weighted by Gasteiger charge is -2.41. The number of pyridine rings is 1. The van der Waals surface area contributed by atoms with Gasteiger partial charge in [0.1, 0.15) is 22.3 Å². The summed E-state index contributed by atoms with van der Waals surface area (Å²) in [5.41, 5.74) is 7.30. The van der Waals surface area contributed by atoms with Gasteiger partial charge in [0, 0.05) is 37.7 Å². The van der Waals surface area contributed by atoms with Gasteiger partial charge in [0.15, 0.2) is 0 Å². The highest BCUT2D eigenvalue weighted by atomic mass is 35.5. The van der Waals surface area contributed by atoms with Gasteiger partial charge in [-0.2, -0.15) is 0 Å². The molecule has 6 nitrogen and oxygen atoms in total. The highest BCUT2D eigenvalue weighted by Crippen LogP contribution is 2.47. The Morgan fingerprint density at radius 2 is 2.10 bits per heavy atom. The van der Waals surface area contributed by atoms with Crippen LogP contribution in [-0.4, -0.2) is 40.3 Å². The number of halogens is 1. The van der Waals surface area contributed by atoms with E-state index in [4.69, 9.17) is 22.1 Å². The number of thioether (sulfide) groups is 1. The van der Waals surface area contributed by atoms with Crippen LogP contribution in [0.2, 0.25) is 5.15 Å². The molecule has 0 aliphatic carbocycles. The average molecular weight is 442 g/mol. The second-order valence-electron chi connectivity index (χ2n) is 7.36. The van der Waals surface area contributed by atoms with Crippen LogP contribution >= 0.6 is 23.4 Å². The number of piperidine rings is 1. The van der Waals surface area contributed by atoms with E-state index in [-0.39, 0.29) is 11.6 Å². The van der Waals surface area contributed by atoms with Gasteiger partial charge in [-0.05, 0) is 31.8 Å². The Hall–Kier alpha value is -2.35. The van der Waals surface area contributed by atoms with Crippen LogP contribution in [0.1, 0.15) is 31.4 Å². The number of para-hydroxylation sites is 1. The predicted octanol–water partition coefficient (Wildman–Crippen LogP) is 4.67. The Kier molecular flexibility index (Phi) is 6.13. The molecule has 30 heavy (non-hydrogen) atoms. The van der Waals surface area contributed by atoms with Crippen molar-refractivity contribution in [3.63, 3.8) is 0 Å². The van der Waals surface area contributed by atoms with E-state index in [0.717, 1.165) is 53.0 Å². The minimum atomic E-state index is -0.349. The van der Waals surface area contributed by atoms with E-state index in [9.17, 15) is 0 Å². The number of likely N-dealkylation sites (tertiary alicyclic amines) is 1. The molecule has 4 rings (SSSR count). The summed E-state index contributed by atoms with van der Waals surface area (Å²) in [6, 6.07) is 11.7. The number of nitrogens with zero attached hydrogens (tertiary/aromatic N) is 4. The molecular formula is C22H24ClN5OS. The Bertz CT molecular complexity index is 1000. The first-order chi connectivity index (χ1) is 14.5. The largest absolute Gasteiger partial charge is 0.485 e. The average Bonchev–Trinajstić information content (AvgIpc) is 3.03. The standard InChI is InChI=1S/C22H24ClN5OS/c1-15(30-18-8-5-11-26-21(18)23)27-14-19(25-2)28-12-9-22(10-13-28)20(24)16-6-3-4-7-17(16)29-22/h3-8,11,14,20H,2,9-10,12-13,24H2,1H3/b19-14+,27-15+/t20-/m1/s1. The van der Waals surface area contributed by atoms with Crippen LogP contribution in [0.25, 0.3) is 0 Å². The number of ether oxygens (including phenoxy) is 1. The number of rotatable bonds is 4. The van der Waals surface area contributed by atoms with E-state index in [0.29, 0.717) is 5.15 Å². The molecule has 1 spiro atoms. The summed E-state index contributed by atoms with van der Waals surface area (Å²) in [5.74, 6) is 1.65. The molecule has 1 aromatic carbocycles. The number of nitrogens with two attached hydrogens (primary N) is 1. The Morgan fingerprint density at radius 3 is 2.80 bits per heavy atom. The second-order valence-corrected chi connectivity index (χ2v) is 8.95. The minimum absolute atomic E-state index is 0.110. The normalized spacial score (nSPS) is 20.8. The van der Waals surface area contributed by atoms with Crippen molar-refractivity contribution in [2.24, 2.45) is 15.7 Å². The quantitative estimate of drug-likeness (QED) is 0.323. The lowest BCUT2D eigenvalue weighted by Crippen LogP contribution is -2.51. The van der Waals surface area contributed by atoms with Crippen molar-refractivity contribution in [1.82, 2.24) is 9.88 Å². The fourth-order valence-corrected chi connectivity index (χ4v) is 4.87. The summed E-state index contributed by atoms with van der Waals surface area (Å²) in [6.07, 6.45) is 5.05. The maximum atomic E-state index is 6.56. The Labute approximate surface area is 185 Å². The SMILES string of the molecule is C=N/C(=C\N=C(/C)Sc1cccnc1Cl)N1CCC2(CC1)Oc1ccccc1[C@H]2N. The van der Waals surface area contributed by atoms with E-state index in [1.54, 1.807) is 12.4 Å². The number of hydrogen-bond donors (Lipinski definition) is 1. The van der Waals surface area contributed by atoms with E-state index >= 15 is 0 Å². The third kappa shape index (κ3) is 4.10. The molecule has 0 radical (unpaired) electrons. The van der Waals surface area contributed by atoms with Gasteiger partial charge in [0.05, 0.1) is 22.2 Å². The molecule has 2 aliphatic heterocycles. The molecule has 156 valence electrons. The minimum Gasteiger partial charge on any atom is -0.485 e. The molecule has 1 fully saturated rings. The fourth-order valence-electron chi connectivity index (χ4n) is 3.93. The maximum absolute atomic E-state index is 6.56. The Morgan fingerprint density at radius 1 is 1.33 bits per heavy atom. The molecule has 1 aromatic heterocycles. The first kappa shape index (κ1) is 20.9. The molecule has 3 heterocycles. The predicted molar refractivity (Wildman–Crippen MR) is 123 cm³/mol. The summed E-state index contributed by atoms with van der Waals surface area (Å²) >= 11 is 7.60. The second kappa shape index (κ2) is 8.79. The van der Waals surface area contributed by atoms with Crippen molar-refractivity contribution in [2.75, 3.05) is 13.1 Å². The molecular weight excluding hydrogens is 418 g/mol. The fraction of sp³-hybridized carbons (Fsp3) is 0.318. The summed E-state index contributed by atoms with van der Waals surface area (Å²) < 4.78 is 6.32. The van der Waals surface area contributed by atoms with Gasteiger partial charge in [0.2, 0.25) is 0 Å². The van der Waals surface area contributed by atoms with Gasteiger partial charge < -0.3 is 15.4 Å². The van der Waals surface area contributed by atoms with Crippen molar-refractivity contribution < 1.29 is 4.74 Å². The molecule has 2 N–H and O–H groups in total. The van der Waals surface area contributed by atoms with Crippen molar-refractivity contribution in [2.45, 2.75) is 36.3 Å². The smallest absolute Gasteiger partial charge is 0.146 e. The zero-order valence-electron chi connectivity index (χ0n) is 16.8. The van der Waals surface area contributed by atoms with Crippen LogP contribution in [0.15, 0.2) is 69.5 Å². The van der Waals surface area contributed by atoms with Gasteiger partial charge in [-0.15, -0.1) is 0 Å². The van der Waals surface area contributed by atoms with Crippen LogP contribution in [0.5, 0.6) is 5.75 Å². The molecule has 0 unspecified atom stereocenters. The summed E-state index contributed by atoms with van der Waals surface area (Å²) in [4.78, 5) is 15.9. The molecule has 8 heteroatoms. The number of hydrogen-bond acceptors (Lipinski definition) is 7. The van der Waals surface area contributed by atoms with E-state index in [1.807, 2.05) is 37.3 Å².